The molecule has 2 saturated heterocycles. The summed E-state index contributed by atoms with van der Waals surface area (Å²) in [4.78, 5) is 44.8. The van der Waals surface area contributed by atoms with Crippen LogP contribution < -0.4 is 0 Å². The Morgan fingerprint density at radius 2 is 2.09 bits per heavy atom. The molecule has 174 valence electrons. The fraction of sp³-hybridized carbons (Fsp3) is 0.545. The Morgan fingerprint density at radius 3 is 2.75 bits per heavy atom. The van der Waals surface area contributed by atoms with Crippen molar-refractivity contribution in [3.05, 3.63) is 29.8 Å². The van der Waals surface area contributed by atoms with E-state index in [0.29, 0.717) is 55.6 Å². The number of imidazole rings is 1. The Balaban J connectivity index is 0.000000913. The summed E-state index contributed by atoms with van der Waals surface area (Å²) in [6.07, 6.45) is 2.81. The van der Waals surface area contributed by atoms with E-state index in [9.17, 15) is 14.0 Å². The standard InChI is InChI=1S/C21H27FN4O3.CH2O2/c1-25(2)13-15-12-21(20(28)29-15)7-9-26(10-8-21)19(27)6-5-18-23-16-4-3-14(22)11-17(16)24-18;2-1-3/h3-4,11,15H,5-10,12-13H2,1-2H3,(H,23,24);1H,(H,2,3). The van der Waals surface area contributed by atoms with Crippen molar-refractivity contribution in [3.8, 4) is 0 Å². The number of carboxylic acid groups (broad SMARTS) is 1. The highest BCUT2D eigenvalue weighted by Crippen LogP contribution is 2.43. The van der Waals surface area contributed by atoms with Crippen molar-refractivity contribution in [1.82, 2.24) is 19.8 Å². The van der Waals surface area contributed by atoms with Crippen LogP contribution in [0.15, 0.2) is 18.2 Å². The molecule has 1 aromatic carbocycles. The van der Waals surface area contributed by atoms with E-state index in [1.54, 1.807) is 6.07 Å². The largest absolute Gasteiger partial charge is 0.483 e. The number of aryl methyl sites for hydroxylation is 1. The molecule has 3 heterocycles. The topological polar surface area (TPSA) is 116 Å². The number of likely N-dealkylation sites (tertiary alicyclic amines) is 1. The first-order valence-corrected chi connectivity index (χ1v) is 10.6. The third kappa shape index (κ3) is 5.42. The van der Waals surface area contributed by atoms with Gasteiger partial charge >= 0.3 is 5.97 Å². The molecule has 10 heteroatoms. The van der Waals surface area contributed by atoms with Crippen molar-refractivity contribution in [3.63, 3.8) is 0 Å². The maximum atomic E-state index is 13.3. The van der Waals surface area contributed by atoms with Crippen LogP contribution in [0.5, 0.6) is 0 Å². The fourth-order valence-electron chi connectivity index (χ4n) is 4.48. The van der Waals surface area contributed by atoms with Crippen molar-refractivity contribution < 1.29 is 28.6 Å². The lowest BCUT2D eigenvalue weighted by molar-refractivity contribution is -0.152. The molecular formula is C22H29FN4O5. The van der Waals surface area contributed by atoms with Gasteiger partial charge in [0, 0.05) is 38.9 Å². The summed E-state index contributed by atoms with van der Waals surface area (Å²) in [6, 6.07) is 4.40. The summed E-state index contributed by atoms with van der Waals surface area (Å²) < 4.78 is 18.9. The Kier molecular flexibility index (Phi) is 7.44. The number of ether oxygens (including phenoxy) is 1. The number of aromatic nitrogens is 2. The molecule has 2 fully saturated rings. The van der Waals surface area contributed by atoms with Crippen LogP contribution in [0.2, 0.25) is 0 Å². The van der Waals surface area contributed by atoms with E-state index >= 15 is 0 Å². The van der Waals surface area contributed by atoms with E-state index in [-0.39, 0.29) is 30.3 Å². The highest BCUT2D eigenvalue weighted by atomic mass is 19.1. The van der Waals surface area contributed by atoms with Gasteiger partial charge in [-0.15, -0.1) is 0 Å². The van der Waals surface area contributed by atoms with Crippen LogP contribution in [0, 0.1) is 11.2 Å². The molecule has 1 amide bonds. The lowest BCUT2D eigenvalue weighted by atomic mass is 9.76. The van der Waals surface area contributed by atoms with Crippen LogP contribution in [0.3, 0.4) is 0 Å². The molecule has 1 spiro atoms. The highest BCUT2D eigenvalue weighted by Gasteiger charge is 2.50. The zero-order valence-corrected chi connectivity index (χ0v) is 18.3. The van der Waals surface area contributed by atoms with Gasteiger partial charge in [0.15, 0.2) is 0 Å². The minimum atomic E-state index is -0.430. The number of halogens is 1. The number of piperidine rings is 1. The van der Waals surface area contributed by atoms with Gasteiger partial charge in [-0.2, -0.15) is 0 Å². The molecule has 2 aromatic rings. The number of rotatable bonds is 5. The van der Waals surface area contributed by atoms with E-state index in [4.69, 9.17) is 14.6 Å². The monoisotopic (exact) mass is 448 g/mol. The van der Waals surface area contributed by atoms with Gasteiger partial charge in [-0.3, -0.25) is 14.4 Å². The number of carbonyl (C=O) groups excluding carboxylic acids is 2. The molecule has 0 aliphatic carbocycles. The zero-order valence-electron chi connectivity index (χ0n) is 18.3. The molecule has 1 atom stereocenters. The average molecular weight is 448 g/mol. The molecule has 2 N–H and O–H groups in total. The van der Waals surface area contributed by atoms with Gasteiger partial charge in [0.25, 0.3) is 6.47 Å². The molecule has 9 nitrogen and oxygen atoms in total. The molecule has 0 radical (unpaired) electrons. The third-order valence-corrected chi connectivity index (χ3v) is 6.04. The van der Waals surface area contributed by atoms with Crippen LogP contribution in [-0.4, -0.2) is 83.1 Å². The fourth-order valence-corrected chi connectivity index (χ4v) is 4.48. The van der Waals surface area contributed by atoms with E-state index < -0.39 is 5.41 Å². The third-order valence-electron chi connectivity index (χ3n) is 6.04. The molecule has 2 aliphatic rings. The minimum Gasteiger partial charge on any atom is -0.483 e. The first-order chi connectivity index (χ1) is 15.3. The molecular weight excluding hydrogens is 419 g/mol. The normalized spacial score (nSPS) is 19.7. The molecule has 0 bridgehead atoms. The molecule has 0 saturated carbocycles. The molecule has 2 aliphatic heterocycles. The number of cyclic esters (lactones) is 1. The Labute approximate surface area is 185 Å². The van der Waals surface area contributed by atoms with Gasteiger partial charge in [-0.25, -0.2) is 9.37 Å². The average Bonchev–Trinajstić information content (AvgIpc) is 3.27. The lowest BCUT2D eigenvalue weighted by Crippen LogP contribution is -2.45. The number of likely N-dealkylation sites (N-methyl/N-ethyl adjacent to an activating group) is 1. The van der Waals surface area contributed by atoms with Crippen LogP contribution in [0.4, 0.5) is 4.39 Å². The lowest BCUT2D eigenvalue weighted by Gasteiger charge is -2.36. The summed E-state index contributed by atoms with van der Waals surface area (Å²) in [5, 5.41) is 6.89. The number of benzene rings is 1. The van der Waals surface area contributed by atoms with Crippen LogP contribution in [0.1, 0.15) is 31.5 Å². The maximum absolute atomic E-state index is 13.3. The predicted molar refractivity (Wildman–Crippen MR) is 114 cm³/mol. The Hall–Kier alpha value is -3.01. The summed E-state index contributed by atoms with van der Waals surface area (Å²) in [6.45, 7) is 1.64. The van der Waals surface area contributed by atoms with Gasteiger partial charge in [0.1, 0.15) is 17.7 Å². The first-order valence-electron chi connectivity index (χ1n) is 10.6. The number of H-pyrrole nitrogens is 1. The molecule has 1 unspecified atom stereocenters. The number of hydrogen-bond donors (Lipinski definition) is 2. The first kappa shape index (κ1) is 23.6. The number of esters is 1. The summed E-state index contributed by atoms with van der Waals surface area (Å²) in [7, 11) is 3.94. The van der Waals surface area contributed by atoms with E-state index in [2.05, 4.69) is 9.97 Å². The second-order valence-electron chi connectivity index (χ2n) is 8.61. The number of nitrogens with one attached hydrogen (secondary N) is 1. The van der Waals surface area contributed by atoms with Crippen molar-refractivity contribution in [2.45, 2.75) is 38.2 Å². The van der Waals surface area contributed by atoms with E-state index in [1.807, 2.05) is 23.9 Å². The smallest absolute Gasteiger partial charge is 0.312 e. The summed E-state index contributed by atoms with van der Waals surface area (Å²) in [5.74, 6) is 0.316. The highest BCUT2D eigenvalue weighted by molar-refractivity contribution is 5.81. The predicted octanol–water partition coefficient (Wildman–Crippen LogP) is 1.82. The summed E-state index contributed by atoms with van der Waals surface area (Å²) in [5.41, 5.74) is 0.903. The zero-order chi connectivity index (χ0) is 23.3. The van der Waals surface area contributed by atoms with Gasteiger partial charge in [-0.1, -0.05) is 0 Å². The number of nitrogens with zero attached hydrogens (tertiary/aromatic N) is 3. The van der Waals surface area contributed by atoms with Crippen LogP contribution in [-0.2, 0) is 25.5 Å². The second-order valence-corrected chi connectivity index (χ2v) is 8.61. The number of fused-ring (bicyclic) bond motifs is 1. The Bertz CT molecular complexity index is 968. The van der Waals surface area contributed by atoms with Gasteiger partial charge in [0.2, 0.25) is 5.91 Å². The number of carbonyl (C=O) groups is 3. The number of aromatic amines is 1. The number of hydrogen-bond acceptors (Lipinski definition) is 6. The van der Waals surface area contributed by atoms with E-state index in [1.165, 1.54) is 12.1 Å². The van der Waals surface area contributed by atoms with Crippen LogP contribution in [0.25, 0.3) is 11.0 Å². The van der Waals surface area contributed by atoms with Gasteiger partial charge in [-0.05, 0) is 45.1 Å². The van der Waals surface area contributed by atoms with E-state index in [0.717, 1.165) is 13.0 Å². The maximum Gasteiger partial charge on any atom is 0.312 e. The van der Waals surface area contributed by atoms with Crippen molar-refractivity contribution in [2.24, 2.45) is 5.41 Å². The van der Waals surface area contributed by atoms with Gasteiger partial charge < -0.3 is 24.6 Å². The van der Waals surface area contributed by atoms with Crippen LogP contribution >= 0.6 is 0 Å². The molecule has 4 rings (SSSR count). The van der Waals surface area contributed by atoms with Gasteiger partial charge in [0.05, 0.1) is 16.4 Å². The SMILES string of the molecule is CN(C)CC1CC2(CCN(C(=O)CCc3nc4ccc(F)cc4[nH]3)CC2)C(=O)O1.O=CO. The minimum absolute atomic E-state index is 0.0577. The van der Waals surface area contributed by atoms with Crippen molar-refractivity contribution in [2.75, 3.05) is 33.7 Å². The van der Waals surface area contributed by atoms with Crippen molar-refractivity contribution in [1.29, 1.82) is 0 Å². The quantitative estimate of drug-likeness (QED) is 0.529. The summed E-state index contributed by atoms with van der Waals surface area (Å²) >= 11 is 0. The number of amides is 1. The second kappa shape index (κ2) is 10.1. The van der Waals surface area contributed by atoms with Crippen molar-refractivity contribution >= 4 is 29.4 Å². The molecule has 32 heavy (non-hydrogen) atoms. The Morgan fingerprint density at radius 1 is 1.41 bits per heavy atom. The molecule has 1 aromatic heterocycles.